The maximum atomic E-state index is 12.2. The highest BCUT2D eigenvalue weighted by Gasteiger charge is 2.23. The third-order valence-electron chi connectivity index (χ3n) is 5.29. The number of H-pyrrole nitrogens is 1. The lowest BCUT2D eigenvalue weighted by molar-refractivity contribution is 0.471. The second-order valence-corrected chi connectivity index (χ2v) is 7.65. The number of hydrogen-bond donors (Lipinski definition) is 2. The molecular formula is C23H27NO2. The van der Waals surface area contributed by atoms with Crippen LogP contribution in [0, 0.1) is 0 Å². The van der Waals surface area contributed by atoms with Gasteiger partial charge in [0.25, 0.3) is 5.56 Å². The van der Waals surface area contributed by atoms with Crippen LogP contribution in [0.3, 0.4) is 0 Å². The lowest BCUT2D eigenvalue weighted by atomic mass is 9.77. The molecule has 0 spiro atoms. The monoisotopic (exact) mass is 349 g/mol. The Morgan fingerprint density at radius 2 is 1.65 bits per heavy atom. The van der Waals surface area contributed by atoms with E-state index in [-0.39, 0.29) is 11.0 Å². The Bertz CT molecular complexity index is 999. The summed E-state index contributed by atoms with van der Waals surface area (Å²) in [5.41, 5.74) is 5.18. The third kappa shape index (κ3) is 3.52. The molecule has 136 valence electrons. The number of phenolic OH excluding ortho intramolecular Hbond substituents is 1. The molecular weight excluding hydrogens is 322 g/mol. The Kier molecular flexibility index (Phi) is 4.90. The first-order chi connectivity index (χ1) is 12.3. The number of pyridine rings is 1. The zero-order chi connectivity index (χ0) is 18.9. The van der Waals surface area contributed by atoms with E-state index in [0.29, 0.717) is 5.75 Å². The SMILES string of the molecule is CCc1ccc(O)cc1CC(C)(C)c1ccc2cc(CC)c(=O)[nH]c2c1. The molecule has 0 atom stereocenters. The number of fused-ring (bicyclic) bond motifs is 1. The molecule has 0 aliphatic carbocycles. The second-order valence-electron chi connectivity index (χ2n) is 7.65. The summed E-state index contributed by atoms with van der Waals surface area (Å²) in [6.07, 6.45) is 2.50. The van der Waals surface area contributed by atoms with E-state index >= 15 is 0 Å². The van der Waals surface area contributed by atoms with Crippen molar-refractivity contribution in [3.05, 3.63) is 75.1 Å². The second kappa shape index (κ2) is 6.99. The average molecular weight is 349 g/mol. The summed E-state index contributed by atoms with van der Waals surface area (Å²) in [5, 5.41) is 10.9. The van der Waals surface area contributed by atoms with E-state index in [1.807, 2.05) is 25.1 Å². The number of phenols is 1. The standard InChI is InChI=1S/C23H27NO2/c1-5-15-8-10-20(25)12-18(15)14-23(3,4)19-9-7-17-11-16(6-2)22(26)24-21(17)13-19/h7-13,25H,5-6,14H2,1-4H3,(H,24,26). The number of aryl methyl sites for hydroxylation is 2. The van der Waals surface area contributed by atoms with Crippen LogP contribution in [0.4, 0.5) is 0 Å². The van der Waals surface area contributed by atoms with Crippen molar-refractivity contribution in [3.8, 4) is 5.75 Å². The van der Waals surface area contributed by atoms with Crippen molar-refractivity contribution >= 4 is 10.9 Å². The molecule has 2 N–H and O–H groups in total. The van der Waals surface area contributed by atoms with E-state index in [4.69, 9.17) is 0 Å². The number of aromatic hydroxyl groups is 1. The Labute approximate surface area is 154 Å². The van der Waals surface area contributed by atoms with Crippen LogP contribution in [0.5, 0.6) is 5.75 Å². The first-order valence-corrected chi connectivity index (χ1v) is 9.31. The summed E-state index contributed by atoms with van der Waals surface area (Å²) in [4.78, 5) is 15.2. The summed E-state index contributed by atoms with van der Waals surface area (Å²) < 4.78 is 0. The molecule has 26 heavy (non-hydrogen) atoms. The van der Waals surface area contributed by atoms with E-state index < -0.39 is 0 Å². The van der Waals surface area contributed by atoms with E-state index in [1.165, 1.54) is 16.7 Å². The average Bonchev–Trinajstić information content (AvgIpc) is 2.60. The van der Waals surface area contributed by atoms with Gasteiger partial charge in [-0.15, -0.1) is 0 Å². The summed E-state index contributed by atoms with van der Waals surface area (Å²) in [5.74, 6) is 0.308. The number of hydrogen-bond acceptors (Lipinski definition) is 2. The van der Waals surface area contributed by atoms with Gasteiger partial charge in [-0.05, 0) is 71.0 Å². The first kappa shape index (κ1) is 18.2. The quantitative estimate of drug-likeness (QED) is 0.690. The molecule has 0 unspecified atom stereocenters. The number of rotatable bonds is 5. The molecule has 3 aromatic rings. The van der Waals surface area contributed by atoms with Crippen molar-refractivity contribution in [2.24, 2.45) is 0 Å². The fourth-order valence-corrected chi connectivity index (χ4v) is 3.63. The van der Waals surface area contributed by atoms with Crippen molar-refractivity contribution in [1.82, 2.24) is 4.98 Å². The molecule has 0 saturated carbocycles. The van der Waals surface area contributed by atoms with Crippen molar-refractivity contribution in [2.75, 3.05) is 0 Å². The molecule has 2 aromatic carbocycles. The van der Waals surface area contributed by atoms with Crippen LogP contribution in [0.25, 0.3) is 10.9 Å². The molecule has 0 saturated heterocycles. The summed E-state index contributed by atoms with van der Waals surface area (Å²) in [6.45, 7) is 8.54. The van der Waals surface area contributed by atoms with Crippen LogP contribution >= 0.6 is 0 Å². The Hall–Kier alpha value is -2.55. The lowest BCUT2D eigenvalue weighted by Crippen LogP contribution is -2.21. The predicted molar refractivity (Wildman–Crippen MR) is 108 cm³/mol. The maximum absolute atomic E-state index is 12.2. The summed E-state index contributed by atoms with van der Waals surface area (Å²) >= 11 is 0. The number of aromatic amines is 1. The molecule has 0 fully saturated rings. The lowest BCUT2D eigenvalue weighted by Gasteiger charge is -2.27. The van der Waals surface area contributed by atoms with Gasteiger partial charge < -0.3 is 10.1 Å². The fourth-order valence-electron chi connectivity index (χ4n) is 3.63. The number of benzene rings is 2. The Balaban J connectivity index is 2.01. The molecule has 3 nitrogen and oxygen atoms in total. The van der Waals surface area contributed by atoms with E-state index in [1.54, 1.807) is 6.07 Å². The van der Waals surface area contributed by atoms with Gasteiger partial charge in [-0.1, -0.05) is 45.9 Å². The Morgan fingerprint density at radius 3 is 2.35 bits per heavy atom. The molecule has 0 aliphatic rings. The normalized spacial score (nSPS) is 11.8. The van der Waals surface area contributed by atoms with E-state index in [0.717, 1.165) is 35.7 Å². The van der Waals surface area contributed by atoms with Crippen LogP contribution < -0.4 is 5.56 Å². The molecule has 1 aromatic heterocycles. The van der Waals surface area contributed by atoms with Crippen LogP contribution in [-0.2, 0) is 24.7 Å². The van der Waals surface area contributed by atoms with Gasteiger partial charge in [-0.25, -0.2) is 0 Å². The van der Waals surface area contributed by atoms with Crippen LogP contribution in [0.15, 0.2) is 47.3 Å². The predicted octanol–water partition coefficient (Wildman–Crippen LogP) is 4.88. The smallest absolute Gasteiger partial charge is 0.251 e. The largest absolute Gasteiger partial charge is 0.508 e. The molecule has 0 aliphatic heterocycles. The third-order valence-corrected chi connectivity index (χ3v) is 5.29. The van der Waals surface area contributed by atoms with Crippen LogP contribution in [-0.4, -0.2) is 10.1 Å². The van der Waals surface area contributed by atoms with Crippen LogP contribution in [0.1, 0.15) is 49.9 Å². The number of aromatic nitrogens is 1. The van der Waals surface area contributed by atoms with Gasteiger partial charge in [-0.3, -0.25) is 4.79 Å². The molecule has 3 heteroatoms. The van der Waals surface area contributed by atoms with Gasteiger partial charge in [-0.2, -0.15) is 0 Å². The van der Waals surface area contributed by atoms with Crippen molar-refractivity contribution in [3.63, 3.8) is 0 Å². The fraction of sp³-hybridized carbons (Fsp3) is 0.348. The van der Waals surface area contributed by atoms with Gasteiger partial charge in [0.15, 0.2) is 0 Å². The van der Waals surface area contributed by atoms with E-state index in [9.17, 15) is 9.90 Å². The number of nitrogens with one attached hydrogen (secondary N) is 1. The van der Waals surface area contributed by atoms with Gasteiger partial charge in [0, 0.05) is 11.1 Å². The molecule has 1 heterocycles. The highest BCUT2D eigenvalue weighted by molar-refractivity contribution is 5.80. The zero-order valence-corrected chi connectivity index (χ0v) is 16.0. The molecule has 0 radical (unpaired) electrons. The topological polar surface area (TPSA) is 53.1 Å². The zero-order valence-electron chi connectivity index (χ0n) is 16.0. The van der Waals surface area contributed by atoms with Gasteiger partial charge in [0.2, 0.25) is 0 Å². The minimum atomic E-state index is -0.119. The minimum absolute atomic E-state index is 0.00351. The first-order valence-electron chi connectivity index (χ1n) is 9.31. The summed E-state index contributed by atoms with van der Waals surface area (Å²) in [6, 6.07) is 13.9. The van der Waals surface area contributed by atoms with Gasteiger partial charge >= 0.3 is 0 Å². The summed E-state index contributed by atoms with van der Waals surface area (Å²) in [7, 11) is 0. The van der Waals surface area contributed by atoms with Crippen molar-refractivity contribution < 1.29 is 5.11 Å². The van der Waals surface area contributed by atoms with Crippen molar-refractivity contribution in [2.45, 2.75) is 52.4 Å². The Morgan fingerprint density at radius 1 is 0.923 bits per heavy atom. The van der Waals surface area contributed by atoms with E-state index in [2.05, 4.69) is 44.0 Å². The molecule has 0 bridgehead atoms. The highest BCUT2D eigenvalue weighted by atomic mass is 16.3. The van der Waals surface area contributed by atoms with Gasteiger partial charge in [0.1, 0.15) is 5.75 Å². The van der Waals surface area contributed by atoms with Crippen molar-refractivity contribution in [1.29, 1.82) is 0 Å². The maximum Gasteiger partial charge on any atom is 0.251 e. The molecule has 0 amide bonds. The van der Waals surface area contributed by atoms with Crippen LogP contribution in [0.2, 0.25) is 0 Å². The van der Waals surface area contributed by atoms with Gasteiger partial charge in [0.05, 0.1) is 0 Å². The minimum Gasteiger partial charge on any atom is -0.508 e. The molecule has 3 rings (SSSR count). The highest BCUT2D eigenvalue weighted by Crippen LogP contribution is 2.32.